The van der Waals surface area contributed by atoms with Crippen LogP contribution in [0.15, 0.2) is 18.3 Å². The number of benzene rings is 1. The second kappa shape index (κ2) is 7.31. The summed E-state index contributed by atoms with van der Waals surface area (Å²) in [4.78, 5) is 0. The number of fused-ring (bicyclic) bond motifs is 1. The Hall–Kier alpha value is -1.81. The maximum absolute atomic E-state index is 13.5. The second-order valence-corrected chi connectivity index (χ2v) is 7.37. The predicted molar refractivity (Wildman–Crippen MR) is 92.2 cm³/mol. The third kappa shape index (κ3) is 4.21. The largest absolute Gasteiger partial charge is 0.397 e. The topological polar surface area (TPSA) is 83.0 Å². The van der Waals surface area contributed by atoms with Crippen molar-refractivity contribution in [1.82, 2.24) is 5.01 Å². The van der Waals surface area contributed by atoms with E-state index >= 15 is 0 Å². The van der Waals surface area contributed by atoms with E-state index in [9.17, 15) is 13.2 Å². The van der Waals surface area contributed by atoms with Gasteiger partial charge in [-0.1, -0.05) is 0 Å². The number of nitrogens with two attached hydrogens (primary N) is 2. The van der Waals surface area contributed by atoms with Gasteiger partial charge in [-0.05, 0) is 39.3 Å². The van der Waals surface area contributed by atoms with Gasteiger partial charge in [-0.2, -0.15) is 0 Å². The molecule has 6 nitrogen and oxygen atoms in total. The first-order valence-corrected chi connectivity index (χ1v) is 8.70. The van der Waals surface area contributed by atoms with E-state index < -0.39 is 23.2 Å². The Bertz CT molecular complexity index is 721. The van der Waals surface area contributed by atoms with Crippen molar-refractivity contribution in [2.45, 2.75) is 57.3 Å². The van der Waals surface area contributed by atoms with E-state index in [0.29, 0.717) is 13.0 Å². The summed E-state index contributed by atoms with van der Waals surface area (Å²) in [6.45, 7) is 5.87. The van der Waals surface area contributed by atoms with Crippen LogP contribution >= 0.6 is 0 Å². The highest BCUT2D eigenvalue weighted by Crippen LogP contribution is 2.34. The van der Waals surface area contributed by atoms with Crippen LogP contribution in [-0.2, 0) is 14.2 Å². The molecule has 9 heteroatoms. The number of hydrazine groups is 1. The Morgan fingerprint density at radius 1 is 1.26 bits per heavy atom. The fraction of sp³-hybridized carbons (Fsp3) is 0.556. The third-order valence-corrected chi connectivity index (χ3v) is 4.73. The number of nitrogens with zero attached hydrogens (tertiary/aromatic N) is 1. The van der Waals surface area contributed by atoms with Gasteiger partial charge in [-0.25, -0.2) is 19.0 Å². The zero-order valence-corrected chi connectivity index (χ0v) is 15.4. The van der Waals surface area contributed by atoms with Crippen LogP contribution in [0.25, 0.3) is 5.70 Å². The fourth-order valence-electron chi connectivity index (χ4n) is 3.43. The molecule has 0 aromatic heterocycles. The lowest BCUT2D eigenvalue weighted by Gasteiger charge is -2.49. The lowest BCUT2D eigenvalue weighted by Crippen LogP contribution is -2.63. The van der Waals surface area contributed by atoms with Gasteiger partial charge in [-0.15, -0.1) is 0 Å². The summed E-state index contributed by atoms with van der Waals surface area (Å²) >= 11 is 0. The predicted octanol–water partition coefficient (Wildman–Crippen LogP) is 2.23. The Balaban J connectivity index is 1.84. The van der Waals surface area contributed by atoms with E-state index in [1.54, 1.807) is 13.8 Å². The fourth-order valence-corrected chi connectivity index (χ4v) is 3.43. The molecule has 2 aliphatic rings. The maximum atomic E-state index is 13.5. The summed E-state index contributed by atoms with van der Waals surface area (Å²) < 4.78 is 57.6. The van der Waals surface area contributed by atoms with Crippen molar-refractivity contribution in [1.29, 1.82) is 0 Å². The first kappa shape index (κ1) is 19.9. The van der Waals surface area contributed by atoms with Crippen molar-refractivity contribution in [3.05, 3.63) is 41.3 Å². The van der Waals surface area contributed by atoms with Crippen LogP contribution in [0.5, 0.6) is 0 Å². The van der Waals surface area contributed by atoms with Crippen LogP contribution in [0.4, 0.5) is 13.2 Å². The first-order valence-electron chi connectivity index (χ1n) is 8.70. The van der Waals surface area contributed by atoms with E-state index in [0.717, 1.165) is 12.1 Å². The average Bonchev–Trinajstić information content (AvgIpc) is 2.58. The molecular weight excluding hydrogens is 363 g/mol. The number of ether oxygens (including phenoxy) is 3. The van der Waals surface area contributed by atoms with E-state index in [-0.39, 0.29) is 35.6 Å². The zero-order valence-electron chi connectivity index (χ0n) is 15.4. The molecule has 27 heavy (non-hydrogen) atoms. The quantitative estimate of drug-likeness (QED) is 0.470. The molecule has 3 rings (SSSR count). The monoisotopic (exact) mass is 387 g/mol. The summed E-state index contributed by atoms with van der Waals surface area (Å²) in [6, 6.07) is 1.35. The number of rotatable bonds is 3. The molecule has 2 saturated heterocycles. The van der Waals surface area contributed by atoms with Gasteiger partial charge >= 0.3 is 0 Å². The minimum atomic E-state index is -1.55. The summed E-state index contributed by atoms with van der Waals surface area (Å²) in [7, 11) is 0. The molecule has 2 aliphatic heterocycles. The molecule has 0 amide bonds. The van der Waals surface area contributed by atoms with E-state index in [1.807, 2.05) is 6.92 Å². The van der Waals surface area contributed by atoms with Crippen LogP contribution in [0, 0.1) is 17.5 Å². The van der Waals surface area contributed by atoms with Gasteiger partial charge in [0.1, 0.15) is 12.2 Å². The molecule has 0 radical (unpaired) electrons. The highest BCUT2D eigenvalue weighted by atomic mass is 19.2. The number of halogens is 3. The summed E-state index contributed by atoms with van der Waals surface area (Å²) in [6.07, 6.45) is 1.15. The van der Waals surface area contributed by atoms with Crippen LogP contribution in [0.2, 0.25) is 0 Å². The highest BCUT2D eigenvalue weighted by Gasteiger charge is 2.46. The normalized spacial score (nSPS) is 30.7. The lowest BCUT2D eigenvalue weighted by molar-refractivity contribution is -0.336. The van der Waals surface area contributed by atoms with Gasteiger partial charge in [0.15, 0.2) is 23.2 Å². The molecule has 150 valence electrons. The molecule has 0 aliphatic carbocycles. The summed E-state index contributed by atoms with van der Waals surface area (Å²) in [5, 5.41) is 1.35. The molecule has 0 spiro atoms. The molecular formula is C18H24F3N3O3. The van der Waals surface area contributed by atoms with Crippen molar-refractivity contribution in [3.63, 3.8) is 0 Å². The van der Waals surface area contributed by atoms with Crippen LogP contribution in [0.3, 0.4) is 0 Å². The van der Waals surface area contributed by atoms with Crippen molar-refractivity contribution < 1.29 is 27.4 Å². The van der Waals surface area contributed by atoms with Crippen LogP contribution in [-0.4, -0.2) is 41.8 Å². The van der Waals surface area contributed by atoms with Gasteiger partial charge in [0.05, 0.1) is 24.4 Å². The second-order valence-electron chi connectivity index (χ2n) is 7.37. The Morgan fingerprint density at radius 2 is 1.89 bits per heavy atom. The van der Waals surface area contributed by atoms with Gasteiger partial charge in [0, 0.05) is 11.8 Å². The van der Waals surface area contributed by atoms with Gasteiger partial charge in [0.2, 0.25) is 0 Å². The van der Waals surface area contributed by atoms with Crippen molar-refractivity contribution in [3.8, 4) is 0 Å². The van der Waals surface area contributed by atoms with Gasteiger partial charge in [0.25, 0.3) is 0 Å². The zero-order chi connectivity index (χ0) is 19.9. The minimum Gasteiger partial charge on any atom is -0.397 e. The molecule has 4 N–H and O–H groups in total. The summed E-state index contributed by atoms with van der Waals surface area (Å²) in [5.74, 6) is 1.21. The maximum Gasteiger partial charge on any atom is 0.194 e. The molecule has 1 aromatic carbocycles. The van der Waals surface area contributed by atoms with Gasteiger partial charge in [-0.3, -0.25) is 0 Å². The van der Waals surface area contributed by atoms with Crippen molar-refractivity contribution in [2.75, 3.05) is 6.61 Å². The first-order chi connectivity index (χ1) is 12.6. The molecule has 4 atom stereocenters. The highest BCUT2D eigenvalue weighted by molar-refractivity contribution is 5.62. The number of hydrogen-bond acceptors (Lipinski definition) is 6. The Labute approximate surface area is 155 Å². The number of hydrogen-bond donors (Lipinski definition) is 2. The smallest absolute Gasteiger partial charge is 0.194 e. The van der Waals surface area contributed by atoms with Crippen LogP contribution in [0.1, 0.15) is 32.8 Å². The Kier molecular flexibility index (Phi) is 5.40. The van der Waals surface area contributed by atoms with Crippen molar-refractivity contribution in [2.24, 2.45) is 11.6 Å². The molecule has 2 heterocycles. The molecule has 1 aromatic rings. The molecule has 0 bridgehead atoms. The molecule has 2 fully saturated rings. The molecule has 4 unspecified atom stereocenters. The standard InChI is InChI=1S/C18H24F3N3O3/c1-9-4-14(17-15(26-9)8-25-18(2,3)27-17)24(23)7-13(22)10-5-11(19)16(21)12(20)6-10/h5-7,9,14-15,17H,4,8,22-23H2,1-3H3/b13-7-. The third-order valence-electron chi connectivity index (χ3n) is 4.73. The van der Waals surface area contributed by atoms with Gasteiger partial charge < -0.3 is 25.0 Å². The van der Waals surface area contributed by atoms with E-state index in [4.69, 9.17) is 25.8 Å². The van der Waals surface area contributed by atoms with E-state index in [1.165, 1.54) is 11.2 Å². The lowest BCUT2D eigenvalue weighted by atomic mass is 9.94. The van der Waals surface area contributed by atoms with Crippen molar-refractivity contribution >= 4 is 5.70 Å². The Morgan fingerprint density at radius 3 is 2.52 bits per heavy atom. The SMILES string of the molecule is CC1CC(N(N)/C=C(\N)c2cc(F)c(F)c(F)c2)C2OC(C)(C)OCC2O1. The molecule has 0 saturated carbocycles. The average molecular weight is 387 g/mol. The van der Waals surface area contributed by atoms with E-state index in [2.05, 4.69) is 0 Å². The minimum absolute atomic E-state index is 0.00249. The summed E-state index contributed by atoms with van der Waals surface area (Å²) in [5.41, 5.74) is 5.92. The van der Waals surface area contributed by atoms with Crippen LogP contribution < -0.4 is 11.6 Å².